The Morgan fingerprint density at radius 2 is 2.27 bits per heavy atom. The van der Waals surface area contributed by atoms with Crippen molar-refractivity contribution in [2.45, 2.75) is 17.9 Å². The molecule has 0 bridgehead atoms. The fourth-order valence-electron chi connectivity index (χ4n) is 1.18. The van der Waals surface area contributed by atoms with Crippen molar-refractivity contribution in [2.75, 3.05) is 19.5 Å². The Hall–Kier alpha value is -0.220. The first kappa shape index (κ1) is 12.8. The lowest BCUT2D eigenvalue weighted by Crippen LogP contribution is -1.94. The monoisotopic (exact) mass is 246 g/mol. The number of thioether (sulfide) groups is 1. The van der Waals surface area contributed by atoms with E-state index in [0.717, 1.165) is 22.8 Å². The van der Waals surface area contributed by atoms with Gasteiger partial charge in [-0.05, 0) is 24.6 Å². The molecule has 0 aliphatic rings. The van der Waals surface area contributed by atoms with E-state index in [1.54, 1.807) is 25.8 Å². The number of hydrogen-bond donors (Lipinski definition) is 1. The second-order valence-electron chi connectivity index (χ2n) is 3.20. The van der Waals surface area contributed by atoms with Gasteiger partial charge in [-0.25, -0.2) is 0 Å². The van der Waals surface area contributed by atoms with Crippen molar-refractivity contribution < 1.29 is 9.84 Å². The highest BCUT2D eigenvalue weighted by Gasteiger charge is 2.06. The van der Waals surface area contributed by atoms with Crippen molar-refractivity contribution in [3.63, 3.8) is 0 Å². The van der Waals surface area contributed by atoms with Gasteiger partial charge in [0.15, 0.2) is 0 Å². The molecule has 15 heavy (non-hydrogen) atoms. The van der Waals surface area contributed by atoms with E-state index in [-0.39, 0.29) is 0 Å². The molecule has 0 spiro atoms. The number of hydrogen-bond acceptors (Lipinski definition) is 3. The molecule has 0 heterocycles. The lowest BCUT2D eigenvalue weighted by atomic mass is 10.1. The number of halogens is 1. The summed E-state index contributed by atoms with van der Waals surface area (Å²) in [5.41, 5.74) is 0.771. The molecule has 1 unspecified atom stereocenters. The molecule has 1 N–H and O–H groups in total. The van der Waals surface area contributed by atoms with Gasteiger partial charge in [-0.1, -0.05) is 17.7 Å². The standard InChI is InChI=1S/C11H15ClO2S/c1-8(13)10-4-3-9(7-11(10)12)15-6-5-14-2/h3-4,7-8,13H,5-6H2,1-2H3. The van der Waals surface area contributed by atoms with E-state index < -0.39 is 6.10 Å². The second-order valence-corrected chi connectivity index (χ2v) is 4.78. The SMILES string of the molecule is COCCSc1ccc(C(C)O)c(Cl)c1. The highest BCUT2D eigenvalue weighted by atomic mass is 35.5. The molecule has 0 saturated heterocycles. The third-order valence-electron chi connectivity index (χ3n) is 1.98. The Morgan fingerprint density at radius 3 is 2.80 bits per heavy atom. The molecule has 1 atom stereocenters. The maximum Gasteiger partial charge on any atom is 0.0776 e. The zero-order valence-corrected chi connectivity index (χ0v) is 10.4. The lowest BCUT2D eigenvalue weighted by molar-refractivity contribution is 0.199. The van der Waals surface area contributed by atoms with Gasteiger partial charge in [0.25, 0.3) is 0 Å². The van der Waals surface area contributed by atoms with Crippen molar-refractivity contribution in [3.05, 3.63) is 28.8 Å². The average Bonchev–Trinajstić information content (AvgIpc) is 2.17. The molecule has 0 amide bonds. The zero-order chi connectivity index (χ0) is 11.3. The highest BCUT2D eigenvalue weighted by molar-refractivity contribution is 7.99. The number of ether oxygens (including phenoxy) is 1. The van der Waals surface area contributed by atoms with Gasteiger partial charge in [0.05, 0.1) is 12.7 Å². The van der Waals surface area contributed by atoms with E-state index in [9.17, 15) is 5.11 Å². The summed E-state index contributed by atoms with van der Waals surface area (Å²) in [5, 5.41) is 10.0. The fourth-order valence-corrected chi connectivity index (χ4v) is 2.43. The maximum absolute atomic E-state index is 9.40. The first-order chi connectivity index (χ1) is 7.15. The van der Waals surface area contributed by atoms with Gasteiger partial charge in [0.1, 0.15) is 0 Å². The topological polar surface area (TPSA) is 29.5 Å². The van der Waals surface area contributed by atoms with E-state index in [1.807, 2.05) is 18.2 Å². The van der Waals surface area contributed by atoms with Crippen molar-refractivity contribution in [2.24, 2.45) is 0 Å². The molecular formula is C11H15ClO2S. The summed E-state index contributed by atoms with van der Waals surface area (Å²) < 4.78 is 4.96. The minimum Gasteiger partial charge on any atom is -0.389 e. The largest absolute Gasteiger partial charge is 0.389 e. The molecule has 0 radical (unpaired) electrons. The quantitative estimate of drug-likeness (QED) is 0.639. The van der Waals surface area contributed by atoms with E-state index in [0.29, 0.717) is 5.02 Å². The Balaban J connectivity index is 2.65. The van der Waals surface area contributed by atoms with Gasteiger partial charge in [-0.3, -0.25) is 0 Å². The lowest BCUT2D eigenvalue weighted by Gasteiger charge is -2.08. The molecule has 84 valence electrons. The molecule has 0 fully saturated rings. The van der Waals surface area contributed by atoms with Crippen LogP contribution < -0.4 is 0 Å². The van der Waals surface area contributed by atoms with Gasteiger partial charge >= 0.3 is 0 Å². The van der Waals surface area contributed by atoms with E-state index in [2.05, 4.69) is 0 Å². The van der Waals surface area contributed by atoms with E-state index in [4.69, 9.17) is 16.3 Å². The molecule has 2 nitrogen and oxygen atoms in total. The highest BCUT2D eigenvalue weighted by Crippen LogP contribution is 2.28. The van der Waals surface area contributed by atoms with Crippen LogP contribution in [0.25, 0.3) is 0 Å². The van der Waals surface area contributed by atoms with Crippen molar-refractivity contribution >= 4 is 23.4 Å². The first-order valence-corrected chi connectivity index (χ1v) is 6.10. The van der Waals surface area contributed by atoms with E-state index in [1.165, 1.54) is 0 Å². The van der Waals surface area contributed by atoms with Gasteiger partial charge < -0.3 is 9.84 Å². The minimum absolute atomic E-state index is 0.518. The van der Waals surface area contributed by atoms with Crippen molar-refractivity contribution in [1.29, 1.82) is 0 Å². The van der Waals surface area contributed by atoms with E-state index >= 15 is 0 Å². The van der Waals surface area contributed by atoms with Crippen LogP contribution >= 0.6 is 23.4 Å². The summed E-state index contributed by atoms with van der Waals surface area (Å²) >= 11 is 7.72. The average molecular weight is 247 g/mol. The summed E-state index contributed by atoms with van der Waals surface area (Å²) in [6, 6.07) is 5.71. The first-order valence-electron chi connectivity index (χ1n) is 4.74. The van der Waals surface area contributed by atoms with Crippen LogP contribution in [0, 0.1) is 0 Å². The number of rotatable bonds is 5. The maximum atomic E-state index is 9.40. The summed E-state index contributed by atoms with van der Waals surface area (Å²) in [6.45, 7) is 2.43. The Bertz CT molecular complexity index is 315. The normalized spacial score (nSPS) is 12.8. The van der Waals surface area contributed by atoms with Gasteiger partial charge in [-0.2, -0.15) is 0 Å². The summed E-state index contributed by atoms with van der Waals surface area (Å²) in [6.07, 6.45) is -0.518. The summed E-state index contributed by atoms with van der Waals surface area (Å²) in [5.74, 6) is 0.904. The van der Waals surface area contributed by atoms with Crippen LogP contribution in [0.2, 0.25) is 5.02 Å². The number of aliphatic hydroxyl groups is 1. The third-order valence-corrected chi connectivity index (χ3v) is 3.26. The molecule has 1 aromatic rings. The van der Waals surface area contributed by atoms with Crippen LogP contribution in [0.15, 0.2) is 23.1 Å². The smallest absolute Gasteiger partial charge is 0.0776 e. The van der Waals surface area contributed by atoms with Gasteiger partial charge in [0.2, 0.25) is 0 Å². The molecule has 4 heteroatoms. The van der Waals surface area contributed by atoms with Crippen molar-refractivity contribution in [1.82, 2.24) is 0 Å². The fraction of sp³-hybridized carbons (Fsp3) is 0.455. The van der Waals surface area contributed by atoms with Gasteiger partial charge in [0, 0.05) is 22.8 Å². The number of methoxy groups -OCH3 is 1. The molecule has 1 rings (SSSR count). The molecule has 0 aromatic heterocycles. The third kappa shape index (κ3) is 4.03. The summed E-state index contributed by atoms with van der Waals surface area (Å²) in [4.78, 5) is 1.10. The Kier molecular flexibility index (Phi) is 5.47. The summed E-state index contributed by atoms with van der Waals surface area (Å²) in [7, 11) is 1.68. The van der Waals surface area contributed by atoms with Crippen LogP contribution in [0.4, 0.5) is 0 Å². The van der Waals surface area contributed by atoms with Crippen LogP contribution in [-0.4, -0.2) is 24.6 Å². The minimum atomic E-state index is -0.518. The number of aliphatic hydroxyl groups excluding tert-OH is 1. The molecule has 0 aliphatic carbocycles. The Labute approximate surface area is 99.6 Å². The van der Waals surface area contributed by atoms with Crippen LogP contribution in [0.1, 0.15) is 18.6 Å². The predicted octanol–water partition coefficient (Wildman–Crippen LogP) is 3.13. The number of benzene rings is 1. The zero-order valence-electron chi connectivity index (χ0n) is 8.87. The molecule has 0 saturated carbocycles. The molecule has 0 aliphatic heterocycles. The molecule has 1 aromatic carbocycles. The van der Waals surface area contributed by atoms with Crippen LogP contribution in [0.5, 0.6) is 0 Å². The van der Waals surface area contributed by atoms with Crippen molar-refractivity contribution in [3.8, 4) is 0 Å². The van der Waals surface area contributed by atoms with Crippen LogP contribution in [-0.2, 0) is 4.74 Å². The van der Waals surface area contributed by atoms with Gasteiger partial charge in [-0.15, -0.1) is 11.8 Å². The Morgan fingerprint density at radius 1 is 1.53 bits per heavy atom. The second kappa shape index (κ2) is 6.38. The molecular weight excluding hydrogens is 232 g/mol. The predicted molar refractivity (Wildman–Crippen MR) is 64.7 cm³/mol. The van der Waals surface area contributed by atoms with Crippen LogP contribution in [0.3, 0.4) is 0 Å².